The summed E-state index contributed by atoms with van der Waals surface area (Å²) in [5.41, 5.74) is 5.50. The van der Waals surface area contributed by atoms with Gasteiger partial charge in [0.25, 0.3) is 0 Å². The molecule has 2 rings (SSSR count). The maximum Gasteiger partial charge on any atom is 0.165 e. The number of nitrogens with zero attached hydrogens (tertiary/aromatic N) is 3. The minimum Gasteiger partial charge on any atom is -0.381 e. The molecule has 1 aromatic heterocycles. The van der Waals surface area contributed by atoms with Gasteiger partial charge in [0, 0.05) is 7.11 Å². The van der Waals surface area contributed by atoms with Crippen LogP contribution in [0.1, 0.15) is 25.3 Å². The van der Waals surface area contributed by atoms with Gasteiger partial charge in [0.05, 0.1) is 18.3 Å². The first kappa shape index (κ1) is 8.50. The Morgan fingerprint density at radius 3 is 3.08 bits per heavy atom. The quantitative estimate of drug-likeness (QED) is 0.727. The molecular weight excluding hydrogens is 168 g/mol. The molecule has 2 N–H and O–H groups in total. The maximum absolute atomic E-state index is 5.50. The second-order valence-corrected chi connectivity index (χ2v) is 3.36. The smallest absolute Gasteiger partial charge is 0.165 e. The standard InChI is InChI=1S/C8H14N4O/c1-13-7-4-2-3-6(7)12-10-5-8(9)11-12/h5-7H,2-4H2,1H3,(H2,9,11). The molecule has 0 spiro atoms. The van der Waals surface area contributed by atoms with E-state index in [1.54, 1.807) is 18.1 Å². The van der Waals surface area contributed by atoms with Gasteiger partial charge in [-0.25, -0.2) is 0 Å². The van der Waals surface area contributed by atoms with Crippen LogP contribution in [0.15, 0.2) is 6.20 Å². The number of anilines is 1. The van der Waals surface area contributed by atoms with Crippen LogP contribution in [0.2, 0.25) is 0 Å². The molecule has 0 aromatic carbocycles. The summed E-state index contributed by atoms with van der Waals surface area (Å²) in [6.07, 6.45) is 5.15. The van der Waals surface area contributed by atoms with Crippen LogP contribution in [0.25, 0.3) is 0 Å². The van der Waals surface area contributed by atoms with E-state index in [1.165, 1.54) is 6.42 Å². The highest BCUT2D eigenvalue weighted by Gasteiger charge is 2.29. The van der Waals surface area contributed by atoms with E-state index in [0.29, 0.717) is 5.82 Å². The first-order valence-electron chi connectivity index (χ1n) is 4.51. The van der Waals surface area contributed by atoms with E-state index in [2.05, 4.69) is 10.2 Å². The van der Waals surface area contributed by atoms with Gasteiger partial charge in [-0.3, -0.25) is 0 Å². The minimum absolute atomic E-state index is 0.242. The molecule has 1 aromatic rings. The summed E-state index contributed by atoms with van der Waals surface area (Å²) in [4.78, 5) is 1.68. The fourth-order valence-corrected chi connectivity index (χ4v) is 1.89. The van der Waals surface area contributed by atoms with Crippen LogP contribution >= 0.6 is 0 Å². The van der Waals surface area contributed by atoms with E-state index in [0.717, 1.165) is 12.8 Å². The first-order chi connectivity index (χ1) is 6.31. The molecule has 1 aliphatic rings. The van der Waals surface area contributed by atoms with Crippen molar-refractivity contribution in [3.8, 4) is 0 Å². The third-order valence-electron chi connectivity index (χ3n) is 2.54. The molecule has 5 nitrogen and oxygen atoms in total. The van der Waals surface area contributed by atoms with Crippen molar-refractivity contribution in [2.45, 2.75) is 31.4 Å². The van der Waals surface area contributed by atoms with E-state index in [1.807, 2.05) is 0 Å². The fourth-order valence-electron chi connectivity index (χ4n) is 1.89. The Morgan fingerprint density at radius 1 is 1.62 bits per heavy atom. The lowest BCUT2D eigenvalue weighted by Gasteiger charge is -2.16. The zero-order valence-corrected chi connectivity index (χ0v) is 7.68. The number of methoxy groups -OCH3 is 1. The van der Waals surface area contributed by atoms with Crippen LogP contribution in [0.4, 0.5) is 5.82 Å². The Kier molecular flexibility index (Phi) is 2.18. The molecular formula is C8H14N4O. The Bertz CT molecular complexity index is 285. The van der Waals surface area contributed by atoms with Gasteiger partial charge < -0.3 is 10.5 Å². The average molecular weight is 182 g/mol. The second-order valence-electron chi connectivity index (χ2n) is 3.36. The lowest BCUT2D eigenvalue weighted by Crippen LogP contribution is -2.22. The highest BCUT2D eigenvalue weighted by Crippen LogP contribution is 2.30. The van der Waals surface area contributed by atoms with Crippen molar-refractivity contribution in [2.75, 3.05) is 12.8 Å². The van der Waals surface area contributed by atoms with Gasteiger partial charge in [-0.2, -0.15) is 9.90 Å². The Hall–Kier alpha value is -1.10. The zero-order valence-electron chi connectivity index (χ0n) is 7.68. The van der Waals surface area contributed by atoms with Crippen LogP contribution in [-0.4, -0.2) is 28.2 Å². The van der Waals surface area contributed by atoms with Crippen LogP contribution in [0.3, 0.4) is 0 Å². The average Bonchev–Trinajstić information content (AvgIpc) is 2.71. The van der Waals surface area contributed by atoms with Gasteiger partial charge in [0.15, 0.2) is 5.82 Å². The number of hydrogen-bond acceptors (Lipinski definition) is 4. The molecule has 0 aliphatic heterocycles. The number of nitrogens with two attached hydrogens (primary N) is 1. The maximum atomic E-state index is 5.50. The van der Waals surface area contributed by atoms with Gasteiger partial charge >= 0.3 is 0 Å². The van der Waals surface area contributed by atoms with Crippen LogP contribution in [0.5, 0.6) is 0 Å². The summed E-state index contributed by atoms with van der Waals surface area (Å²) in [6.45, 7) is 0. The molecule has 1 fully saturated rings. The van der Waals surface area contributed by atoms with Gasteiger partial charge in [-0.05, 0) is 19.3 Å². The lowest BCUT2D eigenvalue weighted by atomic mass is 10.2. The molecule has 1 aliphatic carbocycles. The molecule has 0 saturated heterocycles. The summed E-state index contributed by atoms with van der Waals surface area (Å²) in [5, 5.41) is 8.19. The molecule has 2 atom stereocenters. The topological polar surface area (TPSA) is 66.0 Å². The summed E-state index contributed by atoms with van der Waals surface area (Å²) in [7, 11) is 1.73. The fraction of sp³-hybridized carbons (Fsp3) is 0.750. The number of hydrogen-bond donors (Lipinski definition) is 1. The SMILES string of the molecule is COC1CCCC1n1ncc(N)n1. The van der Waals surface area contributed by atoms with E-state index < -0.39 is 0 Å². The van der Waals surface area contributed by atoms with Gasteiger partial charge in [0.2, 0.25) is 0 Å². The van der Waals surface area contributed by atoms with E-state index in [-0.39, 0.29) is 12.1 Å². The third kappa shape index (κ3) is 1.51. The second kappa shape index (κ2) is 3.33. The van der Waals surface area contributed by atoms with Crippen LogP contribution in [0, 0.1) is 0 Å². The lowest BCUT2D eigenvalue weighted by molar-refractivity contribution is 0.0659. The van der Waals surface area contributed by atoms with Crippen molar-refractivity contribution >= 4 is 5.82 Å². The van der Waals surface area contributed by atoms with Gasteiger partial charge in [0.1, 0.15) is 0 Å². The molecule has 1 saturated carbocycles. The highest BCUT2D eigenvalue weighted by atomic mass is 16.5. The molecule has 0 amide bonds. The zero-order chi connectivity index (χ0) is 9.26. The normalized spacial score (nSPS) is 28.1. The monoisotopic (exact) mass is 182 g/mol. The molecule has 13 heavy (non-hydrogen) atoms. The molecule has 0 radical (unpaired) electrons. The molecule has 5 heteroatoms. The summed E-state index contributed by atoms with van der Waals surface area (Å²) in [6, 6.07) is 0.266. The van der Waals surface area contributed by atoms with E-state index >= 15 is 0 Å². The molecule has 72 valence electrons. The predicted molar refractivity (Wildman–Crippen MR) is 48.1 cm³/mol. The highest BCUT2D eigenvalue weighted by molar-refractivity contribution is 5.19. The first-order valence-corrected chi connectivity index (χ1v) is 4.51. The molecule has 2 unspecified atom stereocenters. The molecule has 0 bridgehead atoms. The summed E-state index contributed by atoms with van der Waals surface area (Å²) in [5.74, 6) is 0.474. The van der Waals surface area contributed by atoms with Gasteiger partial charge in [-0.15, -0.1) is 5.10 Å². The van der Waals surface area contributed by atoms with Crippen molar-refractivity contribution in [2.24, 2.45) is 0 Å². The third-order valence-corrected chi connectivity index (χ3v) is 2.54. The van der Waals surface area contributed by atoms with E-state index in [9.17, 15) is 0 Å². The molecule has 1 heterocycles. The van der Waals surface area contributed by atoms with Crippen molar-refractivity contribution in [1.82, 2.24) is 15.0 Å². The van der Waals surface area contributed by atoms with Crippen molar-refractivity contribution in [3.63, 3.8) is 0 Å². The minimum atomic E-state index is 0.242. The van der Waals surface area contributed by atoms with Crippen molar-refractivity contribution < 1.29 is 4.74 Å². The largest absolute Gasteiger partial charge is 0.381 e. The van der Waals surface area contributed by atoms with Crippen LogP contribution < -0.4 is 5.73 Å². The van der Waals surface area contributed by atoms with Crippen molar-refractivity contribution in [1.29, 1.82) is 0 Å². The number of nitrogen functional groups attached to an aromatic ring is 1. The summed E-state index contributed by atoms with van der Waals surface area (Å²) >= 11 is 0. The predicted octanol–water partition coefficient (Wildman–Crippen LogP) is 0.600. The van der Waals surface area contributed by atoms with Crippen molar-refractivity contribution in [3.05, 3.63) is 6.20 Å². The van der Waals surface area contributed by atoms with Crippen LogP contribution in [-0.2, 0) is 4.74 Å². The Morgan fingerprint density at radius 2 is 2.46 bits per heavy atom. The number of ether oxygens (including phenoxy) is 1. The number of aromatic nitrogens is 3. The summed E-state index contributed by atoms with van der Waals surface area (Å²) < 4.78 is 5.35. The Balaban J connectivity index is 2.15. The number of rotatable bonds is 2. The Labute approximate surface area is 76.9 Å². The van der Waals surface area contributed by atoms with E-state index in [4.69, 9.17) is 10.5 Å². The van der Waals surface area contributed by atoms with Gasteiger partial charge in [-0.1, -0.05) is 0 Å².